The molecule has 24 heavy (non-hydrogen) atoms. The van der Waals surface area contributed by atoms with E-state index in [2.05, 4.69) is 10.6 Å². The van der Waals surface area contributed by atoms with Gasteiger partial charge in [-0.3, -0.25) is 0 Å². The van der Waals surface area contributed by atoms with Crippen molar-refractivity contribution in [2.45, 2.75) is 26.6 Å². The van der Waals surface area contributed by atoms with Crippen LogP contribution in [0.4, 0.5) is 23.7 Å². The summed E-state index contributed by atoms with van der Waals surface area (Å²) >= 11 is 5.54. The molecule has 2 rings (SSSR count). The van der Waals surface area contributed by atoms with Crippen LogP contribution in [-0.2, 0) is 12.7 Å². The Morgan fingerprint density at radius 1 is 1.08 bits per heavy atom. The van der Waals surface area contributed by atoms with Crippen molar-refractivity contribution >= 4 is 23.3 Å². The summed E-state index contributed by atoms with van der Waals surface area (Å²) in [5.74, 6) is 0. The minimum absolute atomic E-state index is 0.0182. The Morgan fingerprint density at radius 2 is 1.71 bits per heavy atom. The number of alkyl halides is 3. The molecule has 0 aliphatic heterocycles. The summed E-state index contributed by atoms with van der Waals surface area (Å²) in [5, 5.41) is 4.57. The number of anilines is 1. The molecular weight excluding hydrogens is 341 g/mol. The van der Waals surface area contributed by atoms with E-state index in [9.17, 15) is 18.0 Å². The number of aryl methyl sites for hydroxylation is 2. The molecular formula is C17H16ClF3N2O. The lowest BCUT2D eigenvalue weighted by Crippen LogP contribution is -2.28. The van der Waals surface area contributed by atoms with Crippen molar-refractivity contribution in [1.29, 1.82) is 0 Å². The minimum atomic E-state index is -4.58. The van der Waals surface area contributed by atoms with Crippen LogP contribution in [0.2, 0.25) is 5.02 Å². The Labute approximate surface area is 142 Å². The summed E-state index contributed by atoms with van der Waals surface area (Å²) in [5.41, 5.74) is 2.08. The van der Waals surface area contributed by atoms with Crippen molar-refractivity contribution in [3.05, 3.63) is 63.7 Å². The summed E-state index contributed by atoms with van der Waals surface area (Å²) in [6.07, 6.45) is -4.58. The fraction of sp³-hybridized carbons (Fsp3) is 0.235. The highest BCUT2D eigenvalue weighted by Gasteiger charge is 2.33. The van der Waals surface area contributed by atoms with Crippen molar-refractivity contribution in [2.75, 3.05) is 5.32 Å². The van der Waals surface area contributed by atoms with Crippen molar-refractivity contribution in [3.8, 4) is 0 Å². The molecule has 0 atom stereocenters. The molecule has 0 radical (unpaired) electrons. The second-order valence-corrected chi connectivity index (χ2v) is 5.90. The average molecular weight is 357 g/mol. The van der Waals surface area contributed by atoms with E-state index in [0.717, 1.165) is 28.8 Å². The molecule has 0 aromatic heterocycles. The van der Waals surface area contributed by atoms with Gasteiger partial charge in [-0.1, -0.05) is 40.9 Å². The van der Waals surface area contributed by atoms with E-state index >= 15 is 0 Å². The first-order valence-corrected chi connectivity index (χ1v) is 7.52. The molecule has 0 heterocycles. The lowest BCUT2D eigenvalue weighted by Gasteiger charge is -2.12. The Kier molecular flexibility index (Phi) is 5.39. The van der Waals surface area contributed by atoms with Gasteiger partial charge in [0.2, 0.25) is 0 Å². The summed E-state index contributed by atoms with van der Waals surface area (Å²) in [6, 6.07) is 8.49. The van der Waals surface area contributed by atoms with Gasteiger partial charge < -0.3 is 10.6 Å². The van der Waals surface area contributed by atoms with Gasteiger partial charge in [-0.15, -0.1) is 0 Å². The molecule has 0 spiro atoms. The zero-order valence-corrected chi connectivity index (χ0v) is 13.8. The van der Waals surface area contributed by atoms with Crippen LogP contribution in [0.3, 0.4) is 0 Å². The number of amides is 2. The molecule has 0 bridgehead atoms. The predicted octanol–water partition coefficient (Wildman–Crippen LogP) is 5.30. The molecule has 0 aliphatic rings. The third-order valence-corrected chi connectivity index (χ3v) is 3.59. The van der Waals surface area contributed by atoms with Gasteiger partial charge in [0.25, 0.3) is 0 Å². The zero-order valence-electron chi connectivity index (χ0n) is 13.1. The molecule has 2 aromatic carbocycles. The Balaban J connectivity index is 2.02. The van der Waals surface area contributed by atoms with Crippen molar-refractivity contribution < 1.29 is 18.0 Å². The van der Waals surface area contributed by atoms with E-state index < -0.39 is 22.8 Å². The molecule has 7 heteroatoms. The van der Waals surface area contributed by atoms with E-state index in [-0.39, 0.29) is 12.2 Å². The smallest absolute Gasteiger partial charge is 0.334 e. The third-order valence-electron chi connectivity index (χ3n) is 3.26. The molecule has 2 aromatic rings. The van der Waals surface area contributed by atoms with E-state index in [1.165, 1.54) is 6.07 Å². The van der Waals surface area contributed by atoms with Crippen LogP contribution in [0.5, 0.6) is 0 Å². The lowest BCUT2D eigenvalue weighted by atomic mass is 10.1. The van der Waals surface area contributed by atoms with Crippen molar-refractivity contribution in [3.63, 3.8) is 0 Å². The fourth-order valence-electron chi connectivity index (χ4n) is 2.35. The summed E-state index contributed by atoms with van der Waals surface area (Å²) < 4.78 is 38.4. The van der Waals surface area contributed by atoms with Crippen LogP contribution in [-0.4, -0.2) is 6.03 Å². The molecule has 2 N–H and O–H groups in total. The van der Waals surface area contributed by atoms with E-state index in [0.29, 0.717) is 0 Å². The number of rotatable bonds is 3. The number of carbonyl (C=O) groups excluding carboxylic acids is 1. The molecule has 0 aliphatic carbocycles. The highest BCUT2D eigenvalue weighted by Crippen LogP contribution is 2.36. The summed E-state index contributed by atoms with van der Waals surface area (Å²) in [7, 11) is 0. The molecule has 0 unspecified atom stereocenters. The van der Waals surface area contributed by atoms with E-state index in [1.54, 1.807) is 0 Å². The van der Waals surface area contributed by atoms with Crippen molar-refractivity contribution in [1.82, 2.24) is 5.32 Å². The molecule has 0 fully saturated rings. The number of halogens is 4. The highest BCUT2D eigenvalue weighted by molar-refractivity contribution is 6.31. The molecule has 3 nitrogen and oxygen atoms in total. The molecule has 0 saturated carbocycles. The molecule has 2 amide bonds. The second kappa shape index (κ2) is 7.13. The number of carbonyl (C=O) groups is 1. The van der Waals surface area contributed by atoms with Gasteiger partial charge in [0.05, 0.1) is 10.6 Å². The maximum absolute atomic E-state index is 12.8. The van der Waals surface area contributed by atoms with Gasteiger partial charge in [-0.05, 0) is 37.6 Å². The first kappa shape index (κ1) is 18.1. The topological polar surface area (TPSA) is 41.1 Å². The van der Waals surface area contributed by atoms with Crippen LogP contribution in [0.15, 0.2) is 36.4 Å². The number of urea groups is 1. The average Bonchev–Trinajstić information content (AvgIpc) is 2.45. The van der Waals surface area contributed by atoms with Gasteiger partial charge in [-0.25, -0.2) is 4.79 Å². The molecule has 0 saturated heterocycles. The minimum Gasteiger partial charge on any atom is -0.334 e. The first-order chi connectivity index (χ1) is 11.1. The van der Waals surface area contributed by atoms with Crippen LogP contribution in [0.25, 0.3) is 0 Å². The third kappa shape index (κ3) is 4.89. The van der Waals surface area contributed by atoms with Gasteiger partial charge in [0.1, 0.15) is 0 Å². The first-order valence-electron chi connectivity index (χ1n) is 7.14. The maximum atomic E-state index is 12.8. The number of nitrogens with one attached hydrogen (secondary N) is 2. The van der Waals surface area contributed by atoms with E-state index in [1.807, 2.05) is 32.0 Å². The van der Waals surface area contributed by atoms with Crippen LogP contribution >= 0.6 is 11.6 Å². The zero-order chi connectivity index (χ0) is 17.9. The summed E-state index contributed by atoms with van der Waals surface area (Å²) in [6.45, 7) is 4.17. The highest BCUT2D eigenvalue weighted by atomic mass is 35.5. The van der Waals surface area contributed by atoms with Crippen LogP contribution < -0.4 is 10.6 Å². The Hall–Kier alpha value is -2.21. The van der Waals surface area contributed by atoms with Gasteiger partial charge >= 0.3 is 12.2 Å². The summed E-state index contributed by atoms with van der Waals surface area (Å²) in [4.78, 5) is 11.9. The fourth-order valence-corrected chi connectivity index (χ4v) is 2.57. The normalized spacial score (nSPS) is 11.2. The largest absolute Gasteiger partial charge is 0.417 e. The second-order valence-electron chi connectivity index (χ2n) is 5.50. The Morgan fingerprint density at radius 3 is 2.29 bits per heavy atom. The van der Waals surface area contributed by atoms with Crippen LogP contribution in [0, 0.1) is 13.8 Å². The number of benzene rings is 2. The quantitative estimate of drug-likeness (QED) is 0.770. The van der Waals surface area contributed by atoms with E-state index in [4.69, 9.17) is 11.6 Å². The van der Waals surface area contributed by atoms with Gasteiger partial charge in [0, 0.05) is 12.2 Å². The van der Waals surface area contributed by atoms with Gasteiger partial charge in [0.15, 0.2) is 0 Å². The lowest BCUT2D eigenvalue weighted by molar-refractivity contribution is -0.137. The molecule has 128 valence electrons. The number of hydrogen-bond donors (Lipinski definition) is 2. The Bertz CT molecular complexity index is 740. The predicted molar refractivity (Wildman–Crippen MR) is 88.2 cm³/mol. The monoisotopic (exact) mass is 356 g/mol. The number of hydrogen-bond acceptors (Lipinski definition) is 1. The maximum Gasteiger partial charge on any atom is 0.417 e. The van der Waals surface area contributed by atoms with Crippen LogP contribution in [0.1, 0.15) is 22.3 Å². The standard InChI is InChI=1S/C17H16ClF3N2O/c1-10-5-11(2)7-12(6-10)9-22-16(24)23-13-3-4-15(18)14(8-13)17(19,20)21/h3-8H,9H2,1-2H3,(H2,22,23,24). The van der Waals surface area contributed by atoms with Crippen molar-refractivity contribution in [2.24, 2.45) is 0 Å². The van der Waals surface area contributed by atoms with Gasteiger partial charge in [-0.2, -0.15) is 13.2 Å². The SMILES string of the molecule is Cc1cc(C)cc(CNC(=O)Nc2ccc(Cl)c(C(F)(F)F)c2)c1.